The number of nitrogens with one attached hydrogen (secondary N) is 1. The smallest absolute Gasteiger partial charge is 0.221 e. The number of hydrogen-bond acceptors (Lipinski definition) is 2. The average Bonchev–Trinajstić information content (AvgIpc) is 2.40. The zero-order valence-corrected chi connectivity index (χ0v) is 11.6. The molecule has 1 amide bonds. The minimum absolute atomic E-state index is 0.0990. The minimum atomic E-state index is -0.613. The Bertz CT molecular complexity index is 658. The SMILES string of the molecule is CC(Nc1ccccc1CC(N)=O)c1ccc(F)cc1F. The lowest BCUT2D eigenvalue weighted by atomic mass is 10.0. The van der Waals surface area contributed by atoms with E-state index in [1.54, 1.807) is 31.2 Å². The Kier molecular flexibility index (Phi) is 4.52. The van der Waals surface area contributed by atoms with Gasteiger partial charge in [-0.2, -0.15) is 0 Å². The third-order valence-corrected chi connectivity index (χ3v) is 3.18. The Balaban J connectivity index is 2.23. The molecular formula is C16H16F2N2O. The van der Waals surface area contributed by atoms with Crippen molar-refractivity contribution in [3.63, 3.8) is 0 Å². The van der Waals surface area contributed by atoms with Gasteiger partial charge >= 0.3 is 0 Å². The number of carbonyl (C=O) groups excluding carboxylic acids is 1. The van der Waals surface area contributed by atoms with Crippen LogP contribution in [0.25, 0.3) is 0 Å². The maximum atomic E-state index is 13.8. The van der Waals surface area contributed by atoms with Crippen molar-refractivity contribution in [1.29, 1.82) is 0 Å². The first-order valence-electron chi connectivity index (χ1n) is 6.55. The molecule has 0 radical (unpaired) electrons. The lowest BCUT2D eigenvalue weighted by molar-refractivity contribution is -0.117. The molecule has 3 nitrogen and oxygen atoms in total. The number of carbonyl (C=O) groups is 1. The molecular weight excluding hydrogens is 274 g/mol. The van der Waals surface area contributed by atoms with Gasteiger partial charge in [0.05, 0.1) is 12.5 Å². The van der Waals surface area contributed by atoms with E-state index < -0.39 is 17.5 Å². The highest BCUT2D eigenvalue weighted by molar-refractivity contribution is 5.78. The molecule has 110 valence electrons. The van der Waals surface area contributed by atoms with Gasteiger partial charge in [0.25, 0.3) is 0 Å². The quantitative estimate of drug-likeness (QED) is 0.888. The number of halogens is 2. The number of nitrogens with two attached hydrogens (primary N) is 1. The highest BCUT2D eigenvalue weighted by Gasteiger charge is 2.13. The molecule has 0 aliphatic carbocycles. The topological polar surface area (TPSA) is 55.1 Å². The number of rotatable bonds is 5. The molecule has 1 unspecified atom stereocenters. The van der Waals surface area contributed by atoms with Crippen LogP contribution in [0.15, 0.2) is 42.5 Å². The Morgan fingerprint density at radius 3 is 2.62 bits per heavy atom. The van der Waals surface area contributed by atoms with Crippen LogP contribution < -0.4 is 11.1 Å². The van der Waals surface area contributed by atoms with Crippen molar-refractivity contribution in [3.05, 3.63) is 65.2 Å². The minimum Gasteiger partial charge on any atom is -0.378 e. The van der Waals surface area contributed by atoms with E-state index in [1.165, 1.54) is 12.1 Å². The monoisotopic (exact) mass is 290 g/mol. The maximum absolute atomic E-state index is 13.8. The van der Waals surface area contributed by atoms with E-state index >= 15 is 0 Å². The van der Waals surface area contributed by atoms with Crippen LogP contribution in [0.5, 0.6) is 0 Å². The molecule has 2 aromatic rings. The van der Waals surface area contributed by atoms with E-state index in [1.807, 2.05) is 0 Å². The Hall–Kier alpha value is -2.43. The summed E-state index contributed by atoms with van der Waals surface area (Å²) in [6, 6.07) is 10.3. The summed E-state index contributed by atoms with van der Waals surface area (Å²) in [6.07, 6.45) is 0.0990. The van der Waals surface area contributed by atoms with Gasteiger partial charge in [-0.3, -0.25) is 4.79 Å². The van der Waals surface area contributed by atoms with Crippen molar-refractivity contribution >= 4 is 11.6 Å². The summed E-state index contributed by atoms with van der Waals surface area (Å²) in [7, 11) is 0. The van der Waals surface area contributed by atoms with E-state index in [-0.39, 0.29) is 12.5 Å². The second kappa shape index (κ2) is 6.35. The van der Waals surface area contributed by atoms with Gasteiger partial charge in [-0.05, 0) is 24.6 Å². The van der Waals surface area contributed by atoms with Crippen LogP contribution >= 0.6 is 0 Å². The third-order valence-electron chi connectivity index (χ3n) is 3.18. The lowest BCUT2D eigenvalue weighted by Gasteiger charge is -2.18. The molecule has 0 aliphatic heterocycles. The molecule has 2 aromatic carbocycles. The van der Waals surface area contributed by atoms with E-state index in [4.69, 9.17) is 5.73 Å². The summed E-state index contributed by atoms with van der Waals surface area (Å²) in [4.78, 5) is 11.1. The summed E-state index contributed by atoms with van der Waals surface area (Å²) >= 11 is 0. The number of amides is 1. The molecule has 5 heteroatoms. The van der Waals surface area contributed by atoms with Gasteiger partial charge in [0, 0.05) is 17.3 Å². The molecule has 0 aliphatic rings. The number of benzene rings is 2. The summed E-state index contributed by atoms with van der Waals surface area (Å²) in [5.41, 5.74) is 7.00. The van der Waals surface area contributed by atoms with Crippen LogP contribution in [0, 0.1) is 11.6 Å². The molecule has 1 atom stereocenters. The molecule has 2 rings (SSSR count). The van der Waals surface area contributed by atoms with E-state index in [0.717, 1.165) is 11.6 Å². The third kappa shape index (κ3) is 3.78. The molecule has 0 heterocycles. The highest BCUT2D eigenvalue weighted by Crippen LogP contribution is 2.24. The first-order valence-corrected chi connectivity index (χ1v) is 6.55. The van der Waals surface area contributed by atoms with E-state index in [9.17, 15) is 13.6 Å². The average molecular weight is 290 g/mol. The number of para-hydroxylation sites is 1. The van der Waals surface area contributed by atoms with E-state index in [0.29, 0.717) is 11.3 Å². The molecule has 0 saturated heterocycles. The second-order valence-corrected chi connectivity index (χ2v) is 4.83. The fraction of sp³-hybridized carbons (Fsp3) is 0.188. The van der Waals surface area contributed by atoms with Gasteiger partial charge in [-0.25, -0.2) is 8.78 Å². The maximum Gasteiger partial charge on any atom is 0.221 e. The lowest BCUT2D eigenvalue weighted by Crippen LogP contribution is -2.16. The normalized spacial score (nSPS) is 12.0. The van der Waals surface area contributed by atoms with Gasteiger partial charge in [-0.15, -0.1) is 0 Å². The Labute approximate surface area is 121 Å². The van der Waals surface area contributed by atoms with Crippen LogP contribution in [0.2, 0.25) is 0 Å². The molecule has 21 heavy (non-hydrogen) atoms. The standard InChI is InChI=1S/C16H16F2N2O/c1-10(13-7-6-12(17)9-14(13)18)20-15-5-3-2-4-11(15)8-16(19)21/h2-7,9-10,20H,8H2,1H3,(H2,19,21). The Morgan fingerprint density at radius 1 is 1.24 bits per heavy atom. The molecule has 0 spiro atoms. The zero-order valence-electron chi connectivity index (χ0n) is 11.6. The van der Waals surface area contributed by atoms with Crippen molar-refractivity contribution in [1.82, 2.24) is 0 Å². The van der Waals surface area contributed by atoms with Gasteiger partial charge in [0.1, 0.15) is 11.6 Å². The molecule has 0 saturated carbocycles. The number of primary amides is 1. The van der Waals surface area contributed by atoms with Crippen LogP contribution in [0.3, 0.4) is 0 Å². The fourth-order valence-electron chi connectivity index (χ4n) is 2.17. The van der Waals surface area contributed by atoms with Gasteiger partial charge in [0.15, 0.2) is 0 Å². The number of hydrogen-bond donors (Lipinski definition) is 2. The first-order chi connectivity index (χ1) is 9.97. The van der Waals surface area contributed by atoms with Crippen molar-refractivity contribution in [2.24, 2.45) is 5.73 Å². The first kappa shape index (κ1) is 15.0. The molecule has 0 fully saturated rings. The molecule has 3 N–H and O–H groups in total. The summed E-state index contributed by atoms with van der Waals surface area (Å²) in [5, 5.41) is 3.12. The predicted octanol–water partition coefficient (Wildman–Crippen LogP) is 3.17. The fourth-order valence-corrected chi connectivity index (χ4v) is 2.17. The van der Waals surface area contributed by atoms with Gasteiger partial charge in [-0.1, -0.05) is 24.3 Å². The van der Waals surface area contributed by atoms with Crippen molar-refractivity contribution in [2.75, 3.05) is 5.32 Å². The second-order valence-electron chi connectivity index (χ2n) is 4.83. The van der Waals surface area contributed by atoms with Crippen LogP contribution in [-0.2, 0) is 11.2 Å². The van der Waals surface area contributed by atoms with Gasteiger partial charge < -0.3 is 11.1 Å². The molecule has 0 aromatic heterocycles. The number of anilines is 1. The molecule has 0 bridgehead atoms. The van der Waals surface area contributed by atoms with Crippen molar-refractivity contribution in [2.45, 2.75) is 19.4 Å². The van der Waals surface area contributed by atoms with Gasteiger partial charge in [0.2, 0.25) is 5.91 Å². The van der Waals surface area contributed by atoms with Crippen molar-refractivity contribution in [3.8, 4) is 0 Å². The predicted molar refractivity (Wildman–Crippen MR) is 77.7 cm³/mol. The Morgan fingerprint density at radius 2 is 1.95 bits per heavy atom. The van der Waals surface area contributed by atoms with Crippen molar-refractivity contribution < 1.29 is 13.6 Å². The van der Waals surface area contributed by atoms with Crippen LogP contribution in [0.4, 0.5) is 14.5 Å². The highest BCUT2D eigenvalue weighted by atomic mass is 19.1. The largest absolute Gasteiger partial charge is 0.378 e. The zero-order chi connectivity index (χ0) is 15.4. The summed E-state index contributed by atoms with van der Waals surface area (Å²) in [5.74, 6) is -1.66. The van der Waals surface area contributed by atoms with Crippen LogP contribution in [-0.4, -0.2) is 5.91 Å². The summed E-state index contributed by atoms with van der Waals surface area (Å²) < 4.78 is 26.7. The van der Waals surface area contributed by atoms with Crippen LogP contribution in [0.1, 0.15) is 24.1 Å². The van der Waals surface area contributed by atoms with E-state index in [2.05, 4.69) is 5.32 Å². The summed E-state index contributed by atoms with van der Waals surface area (Å²) in [6.45, 7) is 1.76.